The highest BCUT2D eigenvalue weighted by Crippen LogP contribution is 2.26. The van der Waals surface area contributed by atoms with Gasteiger partial charge in [0, 0.05) is 5.41 Å². The normalized spacial score (nSPS) is 16.3. The van der Waals surface area contributed by atoms with Crippen molar-refractivity contribution in [2.24, 2.45) is 5.41 Å². The van der Waals surface area contributed by atoms with Crippen LogP contribution >= 0.6 is 0 Å². The van der Waals surface area contributed by atoms with Crippen LogP contribution in [0.3, 0.4) is 0 Å². The van der Waals surface area contributed by atoms with Crippen LogP contribution in [0.2, 0.25) is 0 Å². The second-order valence-corrected chi connectivity index (χ2v) is 4.11. The number of allylic oxidation sites excluding steroid dienone is 2. The lowest BCUT2D eigenvalue weighted by atomic mass is 9.93. The zero-order valence-electron chi connectivity index (χ0n) is 10.3. The molecule has 2 heteroatoms. The zero-order valence-corrected chi connectivity index (χ0v) is 10.3. The average molecular weight is 204 g/mol. The van der Waals surface area contributed by atoms with Crippen molar-refractivity contribution in [1.29, 1.82) is 0 Å². The number of nitrogens with one attached hydrogen (secondary N) is 1. The van der Waals surface area contributed by atoms with Crippen LogP contribution in [0.25, 0.3) is 12.2 Å². The lowest BCUT2D eigenvalue weighted by Crippen LogP contribution is -2.00. The lowest BCUT2D eigenvalue weighted by molar-refractivity contribution is 0.633. The number of aryl methyl sites for hydroxylation is 1. The average Bonchev–Trinajstić information content (AvgIpc) is 2.50. The summed E-state index contributed by atoms with van der Waals surface area (Å²) in [6.07, 6.45) is 8.55. The van der Waals surface area contributed by atoms with E-state index in [0.717, 1.165) is 17.2 Å². The predicted molar refractivity (Wildman–Crippen MR) is 66.5 cm³/mol. The molecule has 0 radical (unpaired) electrons. The smallest absolute Gasteiger partial charge is 0.104 e. The molecule has 0 atom stereocenters. The maximum Gasteiger partial charge on any atom is 0.104 e. The second kappa shape index (κ2) is 4.47. The maximum atomic E-state index is 4.38. The van der Waals surface area contributed by atoms with Crippen LogP contribution in [-0.2, 0) is 0 Å². The van der Waals surface area contributed by atoms with Gasteiger partial charge in [-0.1, -0.05) is 39.8 Å². The summed E-state index contributed by atoms with van der Waals surface area (Å²) in [6, 6.07) is 0. The molecule has 0 saturated heterocycles. The van der Waals surface area contributed by atoms with Crippen molar-refractivity contribution in [3.05, 3.63) is 29.4 Å². The van der Waals surface area contributed by atoms with Gasteiger partial charge in [-0.25, -0.2) is 4.98 Å². The molecule has 0 saturated carbocycles. The van der Waals surface area contributed by atoms with E-state index in [2.05, 4.69) is 48.1 Å². The number of hydrogen-bond donors (Lipinski definition) is 1. The SMILES string of the molecule is CC.Cc1nc2c([nH]1)C=CC(C)(C)C=C2. The van der Waals surface area contributed by atoms with E-state index >= 15 is 0 Å². The number of rotatable bonds is 0. The van der Waals surface area contributed by atoms with E-state index in [1.807, 2.05) is 20.8 Å². The molecule has 1 aromatic rings. The predicted octanol–water partition coefficient (Wildman–Crippen LogP) is 3.81. The van der Waals surface area contributed by atoms with Crippen molar-refractivity contribution >= 4 is 12.2 Å². The largest absolute Gasteiger partial charge is 0.342 e. The van der Waals surface area contributed by atoms with Crippen molar-refractivity contribution in [3.8, 4) is 0 Å². The molecule has 15 heavy (non-hydrogen) atoms. The van der Waals surface area contributed by atoms with Gasteiger partial charge in [-0.05, 0) is 19.1 Å². The summed E-state index contributed by atoms with van der Waals surface area (Å²) in [4.78, 5) is 7.61. The van der Waals surface area contributed by atoms with Crippen molar-refractivity contribution in [2.45, 2.75) is 34.6 Å². The molecule has 0 aromatic carbocycles. The van der Waals surface area contributed by atoms with Gasteiger partial charge in [0.25, 0.3) is 0 Å². The summed E-state index contributed by atoms with van der Waals surface area (Å²) in [5.41, 5.74) is 2.29. The molecule has 0 spiro atoms. The van der Waals surface area contributed by atoms with Crippen LogP contribution in [0.5, 0.6) is 0 Å². The van der Waals surface area contributed by atoms with Crippen LogP contribution in [0.15, 0.2) is 12.2 Å². The summed E-state index contributed by atoms with van der Waals surface area (Å²) < 4.78 is 0. The van der Waals surface area contributed by atoms with E-state index in [-0.39, 0.29) is 5.41 Å². The standard InChI is InChI=1S/C11H14N2.C2H6/c1-8-12-9-4-6-11(2,3)7-5-10(9)13-8;1-2/h4-7H,1-3H3,(H,12,13);1-2H3. The van der Waals surface area contributed by atoms with Gasteiger partial charge >= 0.3 is 0 Å². The lowest BCUT2D eigenvalue weighted by Gasteiger charge is -2.11. The fourth-order valence-electron chi connectivity index (χ4n) is 1.43. The Bertz CT molecular complexity index is 348. The molecule has 0 amide bonds. The van der Waals surface area contributed by atoms with E-state index in [1.165, 1.54) is 0 Å². The van der Waals surface area contributed by atoms with Crippen molar-refractivity contribution < 1.29 is 0 Å². The Morgan fingerprint density at radius 2 is 1.73 bits per heavy atom. The Balaban J connectivity index is 0.000000531. The number of aromatic amines is 1. The van der Waals surface area contributed by atoms with Crippen LogP contribution < -0.4 is 0 Å². The number of nitrogens with zero attached hydrogens (tertiary/aromatic N) is 1. The van der Waals surface area contributed by atoms with Crippen LogP contribution in [-0.4, -0.2) is 9.97 Å². The molecule has 82 valence electrons. The third-order valence-corrected chi connectivity index (χ3v) is 2.23. The summed E-state index contributed by atoms with van der Waals surface area (Å²) in [5, 5.41) is 0. The van der Waals surface area contributed by atoms with Gasteiger partial charge in [0.2, 0.25) is 0 Å². The number of aromatic nitrogens is 2. The number of H-pyrrole nitrogens is 1. The molecule has 2 rings (SSSR count). The second-order valence-electron chi connectivity index (χ2n) is 4.11. The van der Waals surface area contributed by atoms with Crippen molar-refractivity contribution in [1.82, 2.24) is 9.97 Å². The summed E-state index contributed by atoms with van der Waals surface area (Å²) in [7, 11) is 0. The van der Waals surface area contributed by atoms with Gasteiger partial charge in [0.1, 0.15) is 5.82 Å². The number of fused-ring (bicyclic) bond motifs is 1. The van der Waals surface area contributed by atoms with Crippen LogP contribution in [0.1, 0.15) is 44.9 Å². The molecule has 0 aliphatic heterocycles. The monoisotopic (exact) mass is 204 g/mol. The van der Waals surface area contributed by atoms with Crippen molar-refractivity contribution in [2.75, 3.05) is 0 Å². The summed E-state index contributed by atoms with van der Waals surface area (Å²) >= 11 is 0. The van der Waals surface area contributed by atoms with E-state index in [0.29, 0.717) is 0 Å². The topological polar surface area (TPSA) is 28.7 Å². The zero-order chi connectivity index (χ0) is 11.5. The van der Waals surface area contributed by atoms with Gasteiger partial charge in [-0.15, -0.1) is 0 Å². The molecule has 0 unspecified atom stereocenters. The van der Waals surface area contributed by atoms with E-state index < -0.39 is 0 Å². The number of hydrogen-bond acceptors (Lipinski definition) is 1. The highest BCUT2D eigenvalue weighted by molar-refractivity contribution is 5.63. The van der Waals surface area contributed by atoms with Gasteiger partial charge in [-0.3, -0.25) is 0 Å². The van der Waals surface area contributed by atoms with Gasteiger partial charge in [0.15, 0.2) is 0 Å². The molecule has 1 heterocycles. The Hall–Kier alpha value is -1.31. The molecule has 0 bridgehead atoms. The van der Waals surface area contributed by atoms with E-state index in [4.69, 9.17) is 0 Å². The number of imidazole rings is 1. The van der Waals surface area contributed by atoms with Crippen LogP contribution in [0.4, 0.5) is 0 Å². The molecule has 1 aliphatic carbocycles. The first kappa shape index (κ1) is 11.8. The molecule has 1 aromatic heterocycles. The minimum absolute atomic E-state index is 0.134. The minimum Gasteiger partial charge on any atom is -0.342 e. The first-order valence-electron chi connectivity index (χ1n) is 5.52. The van der Waals surface area contributed by atoms with Crippen LogP contribution in [0, 0.1) is 12.3 Å². The minimum atomic E-state index is 0.134. The maximum absolute atomic E-state index is 4.38. The molecule has 1 aliphatic rings. The first-order valence-corrected chi connectivity index (χ1v) is 5.52. The highest BCUT2D eigenvalue weighted by Gasteiger charge is 2.13. The summed E-state index contributed by atoms with van der Waals surface area (Å²) in [5.74, 6) is 0.971. The molecule has 2 nitrogen and oxygen atoms in total. The first-order chi connectivity index (χ1) is 7.07. The Labute approximate surface area is 92.1 Å². The van der Waals surface area contributed by atoms with Crippen molar-refractivity contribution in [3.63, 3.8) is 0 Å². The van der Waals surface area contributed by atoms with Gasteiger partial charge < -0.3 is 4.98 Å². The van der Waals surface area contributed by atoms with Gasteiger partial charge in [0.05, 0.1) is 11.4 Å². The Morgan fingerprint density at radius 1 is 1.13 bits per heavy atom. The Kier molecular flexibility index (Phi) is 3.51. The molecule has 1 N–H and O–H groups in total. The molecule has 0 fully saturated rings. The van der Waals surface area contributed by atoms with Gasteiger partial charge in [-0.2, -0.15) is 0 Å². The summed E-state index contributed by atoms with van der Waals surface area (Å²) in [6.45, 7) is 10.3. The Morgan fingerprint density at radius 3 is 2.40 bits per heavy atom. The fourth-order valence-corrected chi connectivity index (χ4v) is 1.43. The van der Waals surface area contributed by atoms with E-state index in [9.17, 15) is 0 Å². The fraction of sp³-hybridized carbons (Fsp3) is 0.462. The third-order valence-electron chi connectivity index (χ3n) is 2.23. The van der Waals surface area contributed by atoms with E-state index in [1.54, 1.807) is 0 Å². The molecular formula is C13H20N2. The quantitative estimate of drug-likeness (QED) is 0.684. The third kappa shape index (κ3) is 2.82. The highest BCUT2D eigenvalue weighted by atomic mass is 14.9. The molecular weight excluding hydrogens is 184 g/mol.